The van der Waals surface area contributed by atoms with E-state index < -0.39 is 5.97 Å². The summed E-state index contributed by atoms with van der Waals surface area (Å²) < 4.78 is 11.1. The summed E-state index contributed by atoms with van der Waals surface area (Å²) in [6, 6.07) is 12.8. The largest absolute Gasteiger partial charge is 0.480 e. The van der Waals surface area contributed by atoms with E-state index in [9.17, 15) is 9.59 Å². The van der Waals surface area contributed by atoms with Crippen molar-refractivity contribution in [3.05, 3.63) is 67.7 Å². The fourth-order valence-corrected chi connectivity index (χ4v) is 3.75. The van der Waals surface area contributed by atoms with E-state index in [1.54, 1.807) is 18.2 Å². The number of carbonyl (C=O) groups is 2. The molecule has 3 aromatic rings. The van der Waals surface area contributed by atoms with Crippen LogP contribution in [-0.2, 0) is 22.5 Å². The smallest absolute Gasteiger partial charge is 0.343 e. The maximum atomic E-state index is 12.4. The number of nitrogens with one attached hydrogen (secondary N) is 1. The number of benzene rings is 2. The molecule has 0 unspecified atom stereocenters. The van der Waals surface area contributed by atoms with Gasteiger partial charge in [0.1, 0.15) is 5.56 Å². The Bertz CT molecular complexity index is 1090. The van der Waals surface area contributed by atoms with Gasteiger partial charge in [-0.2, -0.15) is 0 Å². The first-order valence-corrected chi connectivity index (χ1v) is 10.1. The van der Waals surface area contributed by atoms with Crippen molar-refractivity contribution in [2.45, 2.75) is 13.0 Å². The van der Waals surface area contributed by atoms with Crippen LogP contribution in [0.4, 0.5) is 0 Å². The minimum absolute atomic E-state index is 0.111. The number of aromatic nitrogens is 1. The monoisotopic (exact) mass is 524 g/mol. The number of hydrogen-bond donors (Lipinski definition) is 1. The molecule has 0 radical (unpaired) electrons. The number of hydrogen-bond acceptors (Lipinski definition) is 5. The van der Waals surface area contributed by atoms with E-state index in [1.165, 1.54) is 14.2 Å². The van der Waals surface area contributed by atoms with Gasteiger partial charge in [-0.05, 0) is 58.0 Å². The van der Waals surface area contributed by atoms with Crippen LogP contribution in [0, 0.1) is 3.57 Å². The van der Waals surface area contributed by atoms with Gasteiger partial charge in [-0.3, -0.25) is 4.79 Å². The molecular formula is C21H18ClIN2O4. The van der Waals surface area contributed by atoms with E-state index in [2.05, 4.69) is 32.9 Å². The second-order valence-corrected chi connectivity index (χ2v) is 7.82. The Morgan fingerprint density at radius 2 is 1.90 bits per heavy atom. The highest BCUT2D eigenvalue weighted by molar-refractivity contribution is 14.1. The van der Waals surface area contributed by atoms with E-state index >= 15 is 0 Å². The fourth-order valence-electron chi connectivity index (χ4n) is 2.92. The molecular weight excluding hydrogens is 507 g/mol. The zero-order valence-electron chi connectivity index (χ0n) is 15.8. The summed E-state index contributed by atoms with van der Waals surface area (Å²) in [7, 11) is 2.72. The maximum absolute atomic E-state index is 12.4. The molecule has 0 fully saturated rings. The van der Waals surface area contributed by atoms with Crippen molar-refractivity contribution < 1.29 is 19.1 Å². The third kappa shape index (κ3) is 4.97. The van der Waals surface area contributed by atoms with E-state index in [4.69, 9.17) is 21.1 Å². The number of methoxy groups -OCH3 is 2. The highest BCUT2D eigenvalue weighted by atomic mass is 127. The first kappa shape index (κ1) is 21.3. The SMILES string of the molecule is COC(=O)c1cc2cc(Cl)cc(CNC(=O)Cc3ccccc3I)c2nc1OC. The topological polar surface area (TPSA) is 77.5 Å². The number of rotatable bonds is 6. The van der Waals surface area contributed by atoms with Crippen LogP contribution in [0.25, 0.3) is 10.9 Å². The van der Waals surface area contributed by atoms with Crippen LogP contribution in [-0.4, -0.2) is 31.1 Å². The third-order valence-electron chi connectivity index (χ3n) is 4.31. The average molecular weight is 525 g/mol. The molecule has 8 heteroatoms. The van der Waals surface area contributed by atoms with E-state index in [1.807, 2.05) is 24.3 Å². The lowest BCUT2D eigenvalue weighted by Gasteiger charge is -2.12. The maximum Gasteiger partial charge on any atom is 0.343 e. The molecule has 0 saturated carbocycles. The lowest BCUT2D eigenvalue weighted by Crippen LogP contribution is -2.25. The van der Waals surface area contributed by atoms with Gasteiger partial charge in [0.15, 0.2) is 0 Å². The van der Waals surface area contributed by atoms with Crippen molar-refractivity contribution in [2.24, 2.45) is 0 Å². The number of halogens is 2. The number of fused-ring (bicyclic) bond motifs is 1. The van der Waals surface area contributed by atoms with E-state index in [-0.39, 0.29) is 30.3 Å². The number of ether oxygens (including phenoxy) is 2. The number of amides is 1. The zero-order valence-corrected chi connectivity index (χ0v) is 18.7. The molecule has 0 aliphatic carbocycles. The number of nitrogens with zero attached hydrogens (tertiary/aromatic N) is 1. The van der Waals surface area contributed by atoms with E-state index in [0.717, 1.165) is 14.7 Å². The highest BCUT2D eigenvalue weighted by Crippen LogP contribution is 2.28. The Kier molecular flexibility index (Phi) is 6.92. The molecule has 1 heterocycles. The van der Waals surface area contributed by atoms with Crippen molar-refractivity contribution in [3.63, 3.8) is 0 Å². The molecule has 0 aliphatic heterocycles. The molecule has 29 heavy (non-hydrogen) atoms. The van der Waals surface area contributed by atoms with Crippen LogP contribution < -0.4 is 10.1 Å². The highest BCUT2D eigenvalue weighted by Gasteiger charge is 2.18. The summed E-state index contributed by atoms with van der Waals surface area (Å²) in [4.78, 5) is 28.8. The minimum Gasteiger partial charge on any atom is -0.480 e. The summed E-state index contributed by atoms with van der Waals surface area (Å²) in [5, 5.41) is 4.03. The van der Waals surface area contributed by atoms with Crippen molar-refractivity contribution in [2.75, 3.05) is 14.2 Å². The van der Waals surface area contributed by atoms with Crippen LogP contribution in [0.3, 0.4) is 0 Å². The van der Waals surface area contributed by atoms with Gasteiger partial charge in [0.2, 0.25) is 11.8 Å². The molecule has 0 aliphatic rings. The summed E-state index contributed by atoms with van der Waals surface area (Å²) >= 11 is 8.45. The van der Waals surface area contributed by atoms with Gasteiger partial charge >= 0.3 is 5.97 Å². The molecule has 1 aromatic heterocycles. The van der Waals surface area contributed by atoms with Gasteiger partial charge in [0.25, 0.3) is 0 Å². The first-order valence-electron chi connectivity index (χ1n) is 8.68. The second kappa shape index (κ2) is 9.41. The van der Waals surface area contributed by atoms with Crippen molar-refractivity contribution in [3.8, 4) is 5.88 Å². The van der Waals surface area contributed by atoms with Gasteiger partial charge < -0.3 is 14.8 Å². The molecule has 6 nitrogen and oxygen atoms in total. The number of pyridine rings is 1. The first-order chi connectivity index (χ1) is 13.9. The van der Waals surface area contributed by atoms with Gasteiger partial charge in [0, 0.05) is 20.5 Å². The predicted octanol–water partition coefficient (Wildman–Crippen LogP) is 4.15. The molecule has 2 aromatic carbocycles. The molecule has 3 rings (SSSR count). The Hall–Kier alpha value is -2.39. The average Bonchev–Trinajstić information content (AvgIpc) is 2.72. The van der Waals surface area contributed by atoms with E-state index in [0.29, 0.717) is 15.9 Å². The van der Waals surface area contributed by atoms with Crippen molar-refractivity contribution in [1.29, 1.82) is 0 Å². The Balaban J connectivity index is 1.88. The summed E-state index contributed by atoms with van der Waals surface area (Å²) in [6.07, 6.45) is 0.279. The fraction of sp³-hybridized carbons (Fsp3) is 0.190. The quantitative estimate of drug-likeness (QED) is 0.387. The molecule has 0 bridgehead atoms. The van der Waals surface area contributed by atoms with Crippen LogP contribution in [0.1, 0.15) is 21.5 Å². The Morgan fingerprint density at radius 3 is 2.59 bits per heavy atom. The lowest BCUT2D eigenvalue weighted by atomic mass is 10.1. The lowest BCUT2D eigenvalue weighted by molar-refractivity contribution is -0.120. The summed E-state index contributed by atoms with van der Waals surface area (Å²) in [5.41, 5.74) is 2.48. The predicted molar refractivity (Wildman–Crippen MR) is 119 cm³/mol. The number of carbonyl (C=O) groups excluding carboxylic acids is 2. The molecule has 150 valence electrons. The Labute approximate surface area is 186 Å². The standard InChI is InChI=1S/C21H18ClIN2O4/c1-28-20-16(21(27)29-2)9-13-7-15(22)8-14(19(13)25-20)11-24-18(26)10-12-5-3-4-6-17(12)23/h3-9H,10-11H2,1-2H3,(H,24,26). The van der Waals surface area contributed by atoms with Crippen molar-refractivity contribution in [1.82, 2.24) is 10.3 Å². The molecule has 0 atom stereocenters. The molecule has 0 spiro atoms. The molecule has 1 N–H and O–H groups in total. The van der Waals surface area contributed by atoms with Gasteiger partial charge in [-0.25, -0.2) is 9.78 Å². The van der Waals surface area contributed by atoms with Gasteiger partial charge in [-0.15, -0.1) is 0 Å². The van der Waals surface area contributed by atoms with Crippen LogP contribution in [0.15, 0.2) is 42.5 Å². The van der Waals surface area contributed by atoms with Crippen LogP contribution in [0.5, 0.6) is 5.88 Å². The van der Waals surface area contributed by atoms with Gasteiger partial charge in [-0.1, -0.05) is 29.8 Å². The summed E-state index contributed by atoms with van der Waals surface area (Å²) in [6.45, 7) is 0.243. The van der Waals surface area contributed by atoms with Crippen LogP contribution in [0.2, 0.25) is 5.02 Å². The second-order valence-electron chi connectivity index (χ2n) is 6.22. The molecule has 1 amide bonds. The third-order valence-corrected chi connectivity index (χ3v) is 5.58. The normalized spacial score (nSPS) is 10.6. The Morgan fingerprint density at radius 1 is 1.14 bits per heavy atom. The minimum atomic E-state index is -0.552. The van der Waals surface area contributed by atoms with Crippen molar-refractivity contribution >= 4 is 57.0 Å². The van der Waals surface area contributed by atoms with Crippen LogP contribution >= 0.6 is 34.2 Å². The zero-order chi connectivity index (χ0) is 21.0. The number of esters is 1. The molecule has 0 saturated heterocycles. The summed E-state index contributed by atoms with van der Waals surface area (Å²) in [5.74, 6) is -0.512. The van der Waals surface area contributed by atoms with Gasteiger partial charge in [0.05, 0.1) is 26.2 Å².